The van der Waals surface area contributed by atoms with Crippen molar-refractivity contribution in [3.05, 3.63) is 70.4 Å². The van der Waals surface area contributed by atoms with Crippen LogP contribution in [0.4, 0.5) is 11.4 Å². The maximum Gasteiger partial charge on any atom is 0.151 e. The first kappa shape index (κ1) is 16.7. The third-order valence-corrected chi connectivity index (χ3v) is 6.26. The van der Waals surface area contributed by atoms with Crippen molar-refractivity contribution >= 4 is 28.7 Å². The number of anilines is 1. The maximum absolute atomic E-state index is 6.37. The van der Waals surface area contributed by atoms with E-state index < -0.39 is 0 Å². The third-order valence-electron chi connectivity index (χ3n) is 6.02. The molecular formula is C23H22ClN2O+. The molecule has 0 atom stereocenters. The molecule has 1 aliphatic carbocycles. The molecule has 2 aromatic rings. The summed E-state index contributed by atoms with van der Waals surface area (Å²) in [4.78, 5) is 2.32. The molecule has 0 N–H and O–H groups in total. The lowest BCUT2D eigenvalue weighted by Crippen LogP contribution is -2.45. The van der Waals surface area contributed by atoms with Crippen LogP contribution in [-0.2, 0) is 0 Å². The van der Waals surface area contributed by atoms with E-state index in [2.05, 4.69) is 68.5 Å². The van der Waals surface area contributed by atoms with Crippen LogP contribution in [0.5, 0.6) is 5.75 Å². The van der Waals surface area contributed by atoms with Gasteiger partial charge in [-0.3, -0.25) is 4.48 Å². The average Bonchev–Trinajstić information content (AvgIpc) is 2.67. The van der Waals surface area contributed by atoms with Crippen LogP contribution >= 0.6 is 11.6 Å². The highest BCUT2D eigenvalue weighted by molar-refractivity contribution is 6.31. The van der Waals surface area contributed by atoms with Crippen LogP contribution < -0.4 is 14.1 Å². The molecule has 3 nitrogen and oxygen atoms in total. The van der Waals surface area contributed by atoms with Crippen molar-refractivity contribution in [2.24, 2.45) is 0 Å². The van der Waals surface area contributed by atoms with Gasteiger partial charge in [-0.15, -0.1) is 0 Å². The van der Waals surface area contributed by atoms with E-state index in [0.29, 0.717) is 4.48 Å². The van der Waals surface area contributed by atoms with Crippen LogP contribution in [0, 0.1) is 0 Å². The number of benzene rings is 2. The van der Waals surface area contributed by atoms with E-state index in [1.165, 1.54) is 39.5 Å². The Balaban J connectivity index is 1.97. The van der Waals surface area contributed by atoms with E-state index in [9.17, 15) is 0 Å². The van der Waals surface area contributed by atoms with E-state index in [1.54, 1.807) is 7.11 Å². The quantitative estimate of drug-likeness (QED) is 0.600. The van der Waals surface area contributed by atoms with Gasteiger partial charge in [0, 0.05) is 40.5 Å². The zero-order valence-electron chi connectivity index (χ0n) is 16.0. The smallest absolute Gasteiger partial charge is 0.151 e. The SMILES string of the molecule is COc1cc2c3c(c1)[N+](C)(C)C1=CC=CCC1=C3N(C)c1ccc(Cl)cc1-2. The van der Waals surface area contributed by atoms with Crippen LogP contribution in [0.25, 0.3) is 16.8 Å². The summed E-state index contributed by atoms with van der Waals surface area (Å²) in [6.07, 6.45) is 7.60. The molecule has 0 aromatic heterocycles. The molecule has 0 spiro atoms. The second kappa shape index (κ2) is 5.51. The number of likely N-dealkylation sites (N-methyl/N-ethyl adjacent to an activating group) is 1. The normalized spacial score (nSPS) is 18.6. The van der Waals surface area contributed by atoms with E-state index >= 15 is 0 Å². The summed E-state index contributed by atoms with van der Waals surface area (Å²) in [5.41, 5.74) is 10.1. The lowest BCUT2D eigenvalue weighted by atomic mass is 9.82. The number of rotatable bonds is 1. The van der Waals surface area contributed by atoms with E-state index in [0.717, 1.165) is 22.8 Å². The molecule has 2 aromatic carbocycles. The van der Waals surface area contributed by atoms with Crippen molar-refractivity contribution < 1.29 is 4.74 Å². The minimum atomic E-state index is 0.701. The first-order valence-electron chi connectivity index (χ1n) is 9.15. The molecule has 0 bridgehead atoms. The summed E-state index contributed by atoms with van der Waals surface area (Å²) in [5, 5.41) is 0.751. The molecule has 0 saturated heterocycles. The van der Waals surface area contributed by atoms with Crippen LogP contribution in [0.3, 0.4) is 0 Å². The average molecular weight is 378 g/mol. The Morgan fingerprint density at radius 1 is 1.11 bits per heavy atom. The molecular weight excluding hydrogens is 356 g/mol. The minimum absolute atomic E-state index is 0.701. The first-order chi connectivity index (χ1) is 12.9. The van der Waals surface area contributed by atoms with Gasteiger partial charge >= 0.3 is 0 Å². The van der Waals surface area contributed by atoms with Crippen molar-refractivity contribution in [3.63, 3.8) is 0 Å². The molecule has 5 rings (SSSR count). The summed E-state index contributed by atoms with van der Waals surface area (Å²) >= 11 is 6.37. The van der Waals surface area contributed by atoms with Gasteiger partial charge in [-0.2, -0.15) is 0 Å². The highest BCUT2D eigenvalue weighted by Crippen LogP contribution is 2.56. The van der Waals surface area contributed by atoms with Gasteiger partial charge in [-0.05, 0) is 36.8 Å². The number of nitrogens with zero attached hydrogens (tertiary/aromatic N) is 2. The lowest BCUT2D eigenvalue weighted by Gasteiger charge is -2.44. The topological polar surface area (TPSA) is 12.5 Å². The molecule has 2 heterocycles. The van der Waals surface area contributed by atoms with Crippen molar-refractivity contribution in [3.8, 4) is 16.9 Å². The van der Waals surface area contributed by atoms with E-state index in [-0.39, 0.29) is 0 Å². The number of fused-ring (bicyclic) bond motifs is 3. The largest absolute Gasteiger partial charge is 0.497 e. The molecule has 0 amide bonds. The van der Waals surface area contributed by atoms with Gasteiger partial charge in [-0.1, -0.05) is 23.8 Å². The Hall–Kier alpha value is -2.49. The molecule has 3 aliphatic rings. The predicted octanol–water partition coefficient (Wildman–Crippen LogP) is 5.60. The lowest BCUT2D eigenvalue weighted by molar-refractivity contribution is 0.411. The van der Waals surface area contributed by atoms with Crippen molar-refractivity contribution in [1.29, 1.82) is 0 Å². The minimum Gasteiger partial charge on any atom is -0.497 e. The fourth-order valence-corrected chi connectivity index (χ4v) is 4.87. The predicted molar refractivity (Wildman–Crippen MR) is 114 cm³/mol. The Morgan fingerprint density at radius 3 is 2.70 bits per heavy atom. The van der Waals surface area contributed by atoms with Gasteiger partial charge in [0.05, 0.1) is 32.5 Å². The summed E-state index contributed by atoms with van der Waals surface area (Å²) in [5.74, 6) is 0.875. The molecule has 27 heavy (non-hydrogen) atoms. The number of hydrogen-bond donors (Lipinski definition) is 0. The second-order valence-electron chi connectivity index (χ2n) is 7.75. The molecule has 0 fully saturated rings. The maximum atomic E-state index is 6.37. The Bertz CT molecular complexity index is 1090. The highest BCUT2D eigenvalue weighted by Gasteiger charge is 2.44. The summed E-state index contributed by atoms with van der Waals surface area (Å²) in [7, 11) is 8.40. The van der Waals surface area contributed by atoms with Gasteiger partial charge in [0.25, 0.3) is 0 Å². The van der Waals surface area contributed by atoms with Gasteiger partial charge in [0.2, 0.25) is 0 Å². The van der Waals surface area contributed by atoms with Crippen LogP contribution in [0.1, 0.15) is 12.0 Å². The number of hydrogen-bond acceptors (Lipinski definition) is 2. The van der Waals surface area contributed by atoms with Gasteiger partial charge in [0.15, 0.2) is 5.69 Å². The molecule has 0 saturated carbocycles. The van der Waals surface area contributed by atoms with E-state index in [4.69, 9.17) is 16.3 Å². The molecule has 136 valence electrons. The number of allylic oxidation sites excluding steroid dienone is 4. The summed E-state index contributed by atoms with van der Waals surface area (Å²) in [6, 6.07) is 10.5. The van der Waals surface area contributed by atoms with Crippen molar-refractivity contribution in [2.45, 2.75) is 6.42 Å². The molecule has 0 unspecified atom stereocenters. The number of ether oxygens (including phenoxy) is 1. The number of methoxy groups -OCH3 is 1. The monoisotopic (exact) mass is 377 g/mol. The Morgan fingerprint density at radius 2 is 1.93 bits per heavy atom. The van der Waals surface area contributed by atoms with Gasteiger partial charge in [0.1, 0.15) is 11.4 Å². The second-order valence-corrected chi connectivity index (χ2v) is 8.19. The van der Waals surface area contributed by atoms with Crippen LogP contribution in [-0.4, -0.2) is 28.3 Å². The van der Waals surface area contributed by atoms with Crippen molar-refractivity contribution in [1.82, 2.24) is 4.48 Å². The summed E-state index contributed by atoms with van der Waals surface area (Å²) in [6.45, 7) is 0. The fraction of sp³-hybridized carbons (Fsp3) is 0.217. The standard InChI is InChI=1S/C23H22ClN2O/c1-25-19-10-9-14(24)11-17(19)18-12-15(27-4)13-21-22(18)23(25)16-7-5-6-8-20(16)26(21,2)3/h5-6,8-13H,7H2,1-4H3/q+1. The molecule has 4 heteroatoms. The third kappa shape index (κ3) is 2.13. The zero-order chi connectivity index (χ0) is 18.9. The van der Waals surface area contributed by atoms with E-state index in [1.807, 2.05) is 6.07 Å². The van der Waals surface area contributed by atoms with Crippen LogP contribution in [0.15, 0.2) is 59.8 Å². The highest BCUT2D eigenvalue weighted by atomic mass is 35.5. The first-order valence-corrected chi connectivity index (χ1v) is 9.53. The van der Waals surface area contributed by atoms with Gasteiger partial charge < -0.3 is 9.64 Å². The number of quaternary nitrogens is 1. The zero-order valence-corrected chi connectivity index (χ0v) is 16.8. The Kier molecular flexibility index (Phi) is 3.40. The number of halogens is 1. The van der Waals surface area contributed by atoms with Crippen molar-refractivity contribution in [2.75, 3.05) is 33.2 Å². The fourth-order valence-electron chi connectivity index (χ4n) is 4.70. The molecule has 2 aliphatic heterocycles. The van der Waals surface area contributed by atoms with Crippen LogP contribution in [0.2, 0.25) is 5.02 Å². The molecule has 0 radical (unpaired) electrons. The van der Waals surface area contributed by atoms with Gasteiger partial charge in [-0.25, -0.2) is 0 Å². The summed E-state index contributed by atoms with van der Waals surface area (Å²) < 4.78 is 6.38. The Labute approximate surface area is 165 Å².